The molecule has 7 rings (SSSR count). The van der Waals surface area contributed by atoms with Crippen LogP contribution in [0.25, 0.3) is 0 Å². The molecule has 47 heavy (non-hydrogen) atoms. The average Bonchev–Trinajstić information content (AvgIpc) is 3.66. The highest BCUT2D eigenvalue weighted by Crippen LogP contribution is 2.89. The summed E-state index contributed by atoms with van der Waals surface area (Å²) in [4.78, 5) is 28.4. The molecule has 0 radical (unpaired) electrons. The Bertz CT molecular complexity index is 1260. The molecule has 9 heteroatoms. The molecule has 2 aliphatic heterocycles. The van der Waals surface area contributed by atoms with Crippen molar-refractivity contribution in [1.29, 1.82) is 0 Å². The van der Waals surface area contributed by atoms with Gasteiger partial charge in [0.15, 0.2) is 6.29 Å². The van der Waals surface area contributed by atoms with E-state index in [4.69, 9.17) is 18.9 Å². The Hall–Kier alpha value is -1.42. The minimum Gasteiger partial charge on any atom is -0.453 e. The molecule has 7 aliphatic rings. The number of hydrogen-bond donors (Lipinski definition) is 1. The largest absolute Gasteiger partial charge is 0.453 e. The number of morpholine rings is 1. The second-order valence-corrected chi connectivity index (χ2v) is 18.4. The first-order chi connectivity index (χ1) is 22.1. The van der Waals surface area contributed by atoms with Gasteiger partial charge in [-0.25, -0.2) is 4.79 Å². The van der Waals surface area contributed by atoms with Crippen LogP contribution >= 0.6 is 0 Å². The Balaban J connectivity index is 1.09. The second kappa shape index (κ2) is 11.3. The van der Waals surface area contributed by atoms with Crippen LogP contribution in [0.1, 0.15) is 99.8 Å². The van der Waals surface area contributed by atoms with Crippen LogP contribution in [0.2, 0.25) is 0 Å². The summed E-state index contributed by atoms with van der Waals surface area (Å²) in [6.45, 7) is 18.2. The number of carbonyl (C=O) groups excluding carboxylic acids is 2. The van der Waals surface area contributed by atoms with Crippen LogP contribution < -0.4 is 0 Å². The van der Waals surface area contributed by atoms with Crippen molar-refractivity contribution < 1.29 is 33.6 Å². The zero-order valence-corrected chi connectivity index (χ0v) is 30.5. The number of ether oxygens (including phenoxy) is 4. The van der Waals surface area contributed by atoms with Gasteiger partial charge in [0.05, 0.1) is 44.7 Å². The molecule has 0 aromatic heterocycles. The van der Waals surface area contributed by atoms with Gasteiger partial charge >= 0.3 is 6.09 Å². The smallest absolute Gasteiger partial charge is 0.409 e. The van der Waals surface area contributed by atoms with Crippen molar-refractivity contribution in [3.8, 4) is 0 Å². The molecule has 3 unspecified atom stereocenters. The number of carbonyl (C=O) groups is 2. The lowest BCUT2D eigenvalue weighted by Crippen LogP contribution is -2.60. The van der Waals surface area contributed by atoms with Gasteiger partial charge in [0, 0.05) is 31.5 Å². The number of fused-ring (bicyclic) bond motifs is 4. The summed E-state index contributed by atoms with van der Waals surface area (Å²) in [5.41, 5.74) is 0.377. The number of methoxy groups -OCH3 is 1. The van der Waals surface area contributed by atoms with Crippen LogP contribution in [-0.4, -0.2) is 98.0 Å². The van der Waals surface area contributed by atoms with E-state index in [2.05, 4.69) is 34.6 Å². The van der Waals surface area contributed by atoms with Crippen molar-refractivity contribution in [2.24, 2.45) is 56.7 Å². The predicted octanol–water partition coefficient (Wildman–Crippen LogP) is 5.72. The van der Waals surface area contributed by atoms with Gasteiger partial charge in [0.1, 0.15) is 0 Å². The zero-order chi connectivity index (χ0) is 33.9. The van der Waals surface area contributed by atoms with Crippen molar-refractivity contribution in [3.05, 3.63) is 0 Å². The predicted molar refractivity (Wildman–Crippen MR) is 177 cm³/mol. The average molecular weight is 659 g/mol. The van der Waals surface area contributed by atoms with Crippen molar-refractivity contribution in [3.63, 3.8) is 0 Å². The van der Waals surface area contributed by atoms with Crippen molar-refractivity contribution >= 4 is 12.0 Å². The van der Waals surface area contributed by atoms with Gasteiger partial charge in [0.2, 0.25) is 5.91 Å². The molecule has 9 nitrogen and oxygen atoms in total. The van der Waals surface area contributed by atoms with Gasteiger partial charge in [-0.1, -0.05) is 48.5 Å². The lowest BCUT2D eigenvalue weighted by Gasteiger charge is -2.64. The van der Waals surface area contributed by atoms with E-state index in [1.807, 2.05) is 18.7 Å². The highest BCUT2D eigenvalue weighted by molar-refractivity contribution is 5.78. The zero-order valence-electron chi connectivity index (χ0n) is 30.5. The summed E-state index contributed by atoms with van der Waals surface area (Å²) in [5.74, 6) is 1.92. The molecule has 1 N–H and O–H groups in total. The van der Waals surface area contributed by atoms with Gasteiger partial charge in [-0.05, 0) is 96.7 Å². The highest BCUT2D eigenvalue weighted by Gasteiger charge is 2.84. The molecule has 2 amide bonds. The van der Waals surface area contributed by atoms with Crippen LogP contribution in [-0.2, 0) is 23.7 Å². The maximum Gasteiger partial charge on any atom is 0.409 e. The third kappa shape index (κ3) is 4.60. The van der Waals surface area contributed by atoms with E-state index < -0.39 is 6.10 Å². The number of hydrogen-bond acceptors (Lipinski definition) is 7. The number of rotatable bonds is 5. The minimum absolute atomic E-state index is 0.000853. The van der Waals surface area contributed by atoms with Gasteiger partial charge in [0.25, 0.3) is 0 Å². The molecule has 13 atom stereocenters. The molecule has 5 aliphatic carbocycles. The summed E-state index contributed by atoms with van der Waals surface area (Å²) < 4.78 is 24.7. The van der Waals surface area contributed by atoms with Crippen molar-refractivity contribution in [1.82, 2.24) is 9.80 Å². The Labute approximate surface area is 282 Å². The summed E-state index contributed by atoms with van der Waals surface area (Å²) in [7, 11) is 3.18. The molecule has 2 saturated heterocycles. The van der Waals surface area contributed by atoms with E-state index in [1.165, 1.54) is 32.8 Å². The quantitative estimate of drug-likeness (QED) is 0.404. The Morgan fingerprint density at radius 3 is 2.45 bits per heavy atom. The maximum absolute atomic E-state index is 12.7. The molecule has 0 aromatic carbocycles. The van der Waals surface area contributed by atoms with Gasteiger partial charge < -0.3 is 33.9 Å². The number of aliphatic hydroxyl groups excluding tert-OH is 1. The SMILES string of the molecule is COC(=O)N(C)CC1C[C@@H](C)[C@H]2C(O1)[C@H](O)[C@@]1(C)[C@@H]3CC[C@H]4C(C)(C)C(O[C@H]5CN(C(=O)C(C)C)CCO5)CC[C@@]45C[C@@]35CC[C@]21C. The first-order valence-corrected chi connectivity index (χ1v) is 18.8. The van der Waals surface area contributed by atoms with Crippen LogP contribution in [0.4, 0.5) is 4.79 Å². The Morgan fingerprint density at radius 2 is 1.74 bits per heavy atom. The molecule has 7 fully saturated rings. The number of nitrogens with zero attached hydrogens (tertiary/aromatic N) is 2. The lowest BCUT2D eigenvalue weighted by molar-refractivity contribution is -0.248. The van der Waals surface area contributed by atoms with E-state index in [0.29, 0.717) is 55.3 Å². The standard InChI is InChI=1S/C38H62N2O7/c1-22(2)32(42)40-16-17-45-28(20-40)47-27-12-13-37-21-38(37)15-14-35(6)29-23(3)18-24(19-39(8)33(43)44-9)46-30(29)31(41)36(35,7)26(38)11-10-25(37)34(27,4)5/h22-31,41H,10-21H2,1-9H3/t23-,24?,25+,26+,27?,28+,29+,30?,31+,35-,36-,37-,38+/m1/s1. The van der Waals surface area contributed by atoms with E-state index >= 15 is 0 Å². The van der Waals surface area contributed by atoms with Crippen LogP contribution in [0.15, 0.2) is 0 Å². The van der Waals surface area contributed by atoms with Gasteiger partial charge in [-0.3, -0.25) is 4.79 Å². The summed E-state index contributed by atoms with van der Waals surface area (Å²) in [6, 6.07) is 0. The van der Waals surface area contributed by atoms with E-state index in [-0.39, 0.29) is 64.2 Å². The van der Waals surface area contributed by atoms with Gasteiger partial charge in [-0.15, -0.1) is 0 Å². The fourth-order valence-electron chi connectivity index (χ4n) is 13.7. The molecule has 0 aromatic rings. The molecular formula is C38H62N2O7. The number of amides is 2. The van der Waals surface area contributed by atoms with Crippen LogP contribution in [0.3, 0.4) is 0 Å². The number of aliphatic hydroxyl groups is 1. The fourth-order valence-corrected chi connectivity index (χ4v) is 13.7. The Kier molecular flexibility index (Phi) is 8.18. The fraction of sp³-hybridized carbons (Fsp3) is 0.947. The normalized spacial score (nSPS) is 49.6. The summed E-state index contributed by atoms with van der Waals surface area (Å²) in [6.07, 6.45) is 7.63. The van der Waals surface area contributed by atoms with Crippen molar-refractivity contribution in [2.45, 2.75) is 131 Å². The molecule has 5 saturated carbocycles. The third-order valence-corrected chi connectivity index (χ3v) is 15.9. The Morgan fingerprint density at radius 1 is 1.04 bits per heavy atom. The number of likely N-dealkylation sites (N-methyl/N-ethyl adjacent to an activating group) is 1. The lowest BCUT2D eigenvalue weighted by atomic mass is 9.41. The van der Waals surface area contributed by atoms with E-state index in [1.54, 1.807) is 11.9 Å². The summed E-state index contributed by atoms with van der Waals surface area (Å²) >= 11 is 0. The maximum atomic E-state index is 12.7. The second-order valence-electron chi connectivity index (χ2n) is 18.4. The first-order valence-electron chi connectivity index (χ1n) is 18.8. The molecule has 2 spiro atoms. The highest BCUT2D eigenvalue weighted by atomic mass is 16.7. The van der Waals surface area contributed by atoms with E-state index in [9.17, 15) is 14.7 Å². The molecule has 0 bridgehead atoms. The monoisotopic (exact) mass is 658 g/mol. The van der Waals surface area contributed by atoms with Crippen LogP contribution in [0.5, 0.6) is 0 Å². The molecular weight excluding hydrogens is 596 g/mol. The summed E-state index contributed by atoms with van der Waals surface area (Å²) in [5, 5.41) is 12.5. The third-order valence-electron chi connectivity index (χ3n) is 15.9. The molecule has 266 valence electrons. The minimum atomic E-state index is -0.518. The topological polar surface area (TPSA) is 97.8 Å². The van der Waals surface area contributed by atoms with E-state index in [0.717, 1.165) is 25.7 Å². The van der Waals surface area contributed by atoms with Crippen molar-refractivity contribution in [2.75, 3.05) is 40.4 Å². The van der Waals surface area contributed by atoms with Crippen LogP contribution in [0, 0.1) is 56.7 Å². The first kappa shape index (κ1) is 34.0. The van der Waals surface area contributed by atoms with Gasteiger partial charge in [-0.2, -0.15) is 0 Å². The molecule has 2 heterocycles.